The summed E-state index contributed by atoms with van der Waals surface area (Å²) >= 11 is 0. The molecule has 3 N–H and O–H groups in total. The second-order valence-corrected chi connectivity index (χ2v) is 8.39. The molecular weight excluding hydrogens is 408 g/mol. The molecule has 32 heavy (non-hydrogen) atoms. The summed E-state index contributed by atoms with van der Waals surface area (Å²) in [4.78, 5) is 17.3. The predicted octanol–water partition coefficient (Wildman–Crippen LogP) is 4.05. The molecule has 0 saturated heterocycles. The predicted molar refractivity (Wildman–Crippen MR) is 123 cm³/mol. The third kappa shape index (κ3) is 3.90. The van der Waals surface area contributed by atoms with Gasteiger partial charge in [-0.25, -0.2) is 4.98 Å². The fraction of sp³-hybridized carbons (Fsp3) is 0.435. The monoisotopic (exact) mass is 436 g/mol. The number of nitrogens with one attached hydrogen (secondary N) is 3. The van der Waals surface area contributed by atoms with Crippen LogP contribution in [0.4, 0.5) is 23.0 Å². The minimum atomic E-state index is 0.00769. The van der Waals surface area contributed by atoms with Crippen LogP contribution in [0.3, 0.4) is 0 Å². The molecule has 9 nitrogen and oxygen atoms in total. The Bertz CT molecular complexity index is 1140. The fourth-order valence-electron chi connectivity index (χ4n) is 4.44. The van der Waals surface area contributed by atoms with E-state index in [0.717, 1.165) is 30.3 Å². The van der Waals surface area contributed by atoms with E-state index in [-0.39, 0.29) is 5.91 Å². The molecule has 1 aromatic carbocycles. The van der Waals surface area contributed by atoms with Crippen molar-refractivity contribution in [3.05, 3.63) is 30.5 Å². The minimum Gasteiger partial charge on any atom is -0.486 e. The maximum atomic E-state index is 12.6. The Labute approximate surface area is 186 Å². The molecule has 168 valence electrons. The molecule has 1 amide bonds. The molecule has 2 aliphatic rings. The summed E-state index contributed by atoms with van der Waals surface area (Å²) < 4.78 is 13.1. The fourth-order valence-corrected chi connectivity index (χ4v) is 4.44. The molecule has 1 saturated carbocycles. The quantitative estimate of drug-likeness (QED) is 0.513. The third-order valence-corrected chi connectivity index (χ3v) is 6.22. The number of benzene rings is 1. The van der Waals surface area contributed by atoms with Crippen molar-refractivity contribution < 1.29 is 14.3 Å². The molecule has 5 rings (SSSR count). The highest BCUT2D eigenvalue weighted by atomic mass is 16.6. The van der Waals surface area contributed by atoms with Gasteiger partial charge in [-0.15, -0.1) is 0 Å². The van der Waals surface area contributed by atoms with Gasteiger partial charge in [-0.2, -0.15) is 9.61 Å². The van der Waals surface area contributed by atoms with Crippen molar-refractivity contribution in [2.75, 3.05) is 36.2 Å². The molecule has 3 aromatic rings. The van der Waals surface area contributed by atoms with Gasteiger partial charge < -0.3 is 25.4 Å². The van der Waals surface area contributed by atoms with Gasteiger partial charge in [0.1, 0.15) is 30.5 Å². The zero-order valence-electron chi connectivity index (χ0n) is 18.4. The van der Waals surface area contributed by atoms with Gasteiger partial charge in [-0.3, -0.25) is 4.79 Å². The number of carbonyl (C=O) groups is 1. The summed E-state index contributed by atoms with van der Waals surface area (Å²) in [6, 6.07) is 7.56. The molecule has 0 bridgehead atoms. The Morgan fingerprint density at radius 2 is 2.03 bits per heavy atom. The van der Waals surface area contributed by atoms with Crippen molar-refractivity contribution >= 4 is 34.6 Å². The van der Waals surface area contributed by atoms with Gasteiger partial charge in [0.2, 0.25) is 5.91 Å². The van der Waals surface area contributed by atoms with E-state index in [0.29, 0.717) is 54.2 Å². The summed E-state index contributed by atoms with van der Waals surface area (Å²) in [5.74, 6) is 3.97. The Balaban J connectivity index is 1.39. The van der Waals surface area contributed by atoms with Crippen molar-refractivity contribution in [2.45, 2.75) is 32.6 Å². The van der Waals surface area contributed by atoms with E-state index in [9.17, 15) is 4.79 Å². The molecule has 1 aliphatic heterocycles. The summed E-state index contributed by atoms with van der Waals surface area (Å²) in [6.45, 7) is 3.24. The lowest BCUT2D eigenvalue weighted by Crippen LogP contribution is -2.27. The molecule has 9 heteroatoms. The van der Waals surface area contributed by atoms with E-state index in [1.54, 1.807) is 10.7 Å². The average Bonchev–Trinajstić information content (AvgIpc) is 3.18. The van der Waals surface area contributed by atoms with E-state index < -0.39 is 0 Å². The molecule has 1 fully saturated rings. The first-order valence-electron chi connectivity index (χ1n) is 11.2. The van der Waals surface area contributed by atoms with Crippen LogP contribution in [0.1, 0.15) is 32.6 Å². The van der Waals surface area contributed by atoms with E-state index in [4.69, 9.17) is 14.5 Å². The van der Waals surface area contributed by atoms with Crippen LogP contribution >= 0.6 is 0 Å². The maximum Gasteiger partial charge on any atom is 0.224 e. The first-order chi connectivity index (χ1) is 15.6. The summed E-state index contributed by atoms with van der Waals surface area (Å²) in [7, 11) is 1.82. The van der Waals surface area contributed by atoms with Crippen LogP contribution in [-0.4, -0.2) is 40.8 Å². The Kier molecular flexibility index (Phi) is 5.46. The van der Waals surface area contributed by atoms with Crippen molar-refractivity contribution in [1.29, 1.82) is 0 Å². The number of hydrogen-bond donors (Lipinski definition) is 3. The summed E-state index contributed by atoms with van der Waals surface area (Å²) in [5.41, 5.74) is 1.92. The number of rotatable bonds is 7. The van der Waals surface area contributed by atoms with Gasteiger partial charge in [-0.05, 0) is 36.8 Å². The lowest BCUT2D eigenvalue weighted by Gasteiger charge is -2.34. The summed E-state index contributed by atoms with van der Waals surface area (Å²) in [6.07, 6.45) is 5.66. The number of anilines is 4. The largest absolute Gasteiger partial charge is 0.486 e. The Morgan fingerprint density at radius 3 is 2.84 bits per heavy atom. The van der Waals surface area contributed by atoms with Crippen LogP contribution in [0.5, 0.6) is 11.5 Å². The number of hydrogen-bond acceptors (Lipinski definition) is 7. The van der Waals surface area contributed by atoms with E-state index in [2.05, 4.69) is 28.0 Å². The first kappa shape index (κ1) is 20.4. The van der Waals surface area contributed by atoms with Crippen molar-refractivity contribution in [3.63, 3.8) is 0 Å². The second-order valence-electron chi connectivity index (χ2n) is 8.39. The van der Waals surface area contributed by atoms with Crippen LogP contribution in [0.25, 0.3) is 5.65 Å². The van der Waals surface area contributed by atoms with Gasteiger partial charge in [0, 0.05) is 19.5 Å². The molecule has 0 spiro atoms. The zero-order valence-corrected chi connectivity index (χ0v) is 18.4. The van der Waals surface area contributed by atoms with Crippen LogP contribution in [0, 0.1) is 11.8 Å². The number of para-hydroxylation sites is 1. The number of ether oxygens (including phenoxy) is 2. The molecule has 0 atom stereocenters. The maximum absolute atomic E-state index is 12.6. The number of nitrogens with zero attached hydrogens (tertiary/aromatic N) is 3. The van der Waals surface area contributed by atoms with Gasteiger partial charge in [0.15, 0.2) is 17.1 Å². The summed E-state index contributed by atoms with van der Waals surface area (Å²) in [5, 5.41) is 13.9. The third-order valence-electron chi connectivity index (χ3n) is 6.22. The first-order valence-corrected chi connectivity index (χ1v) is 11.2. The van der Waals surface area contributed by atoms with Gasteiger partial charge in [-0.1, -0.05) is 19.4 Å². The number of amides is 1. The van der Waals surface area contributed by atoms with E-state index in [1.165, 1.54) is 6.42 Å². The molecule has 3 heterocycles. The molecule has 0 unspecified atom stereocenters. The van der Waals surface area contributed by atoms with Crippen LogP contribution in [-0.2, 0) is 4.79 Å². The van der Waals surface area contributed by atoms with Crippen LogP contribution in [0.2, 0.25) is 0 Å². The minimum absolute atomic E-state index is 0.00769. The van der Waals surface area contributed by atoms with Gasteiger partial charge in [0.05, 0.1) is 11.9 Å². The standard InChI is InChI=1S/C23H28N6O3/c1-3-14-9-15(10-14)11-21(30)27-17-13-25-29-20(24-2)12-19(28-23(17)29)26-16-5-4-6-18-22(16)32-8-7-31-18/h4-6,12-15,24H,3,7-11H2,1-2H3,(H,26,28)(H,27,30). The van der Waals surface area contributed by atoms with Crippen molar-refractivity contribution in [1.82, 2.24) is 14.6 Å². The van der Waals surface area contributed by atoms with Crippen LogP contribution in [0.15, 0.2) is 30.5 Å². The van der Waals surface area contributed by atoms with Gasteiger partial charge in [0.25, 0.3) is 0 Å². The molecule has 2 aromatic heterocycles. The molecule has 0 radical (unpaired) electrons. The van der Waals surface area contributed by atoms with Gasteiger partial charge >= 0.3 is 0 Å². The smallest absolute Gasteiger partial charge is 0.224 e. The number of fused-ring (bicyclic) bond motifs is 2. The normalized spacial score (nSPS) is 19.3. The van der Waals surface area contributed by atoms with E-state index in [1.807, 2.05) is 31.3 Å². The number of carbonyl (C=O) groups excluding carboxylic acids is 1. The van der Waals surface area contributed by atoms with E-state index >= 15 is 0 Å². The highest BCUT2D eigenvalue weighted by molar-refractivity contribution is 5.94. The zero-order chi connectivity index (χ0) is 22.1. The second kappa shape index (κ2) is 8.57. The SMILES string of the molecule is CCC1CC(CC(=O)Nc2cnn3c(NC)cc(Nc4cccc5c4OCCO5)nc23)C1. The highest BCUT2D eigenvalue weighted by Crippen LogP contribution is 2.39. The highest BCUT2D eigenvalue weighted by Gasteiger charge is 2.29. The Morgan fingerprint density at radius 1 is 1.19 bits per heavy atom. The average molecular weight is 437 g/mol. The van der Waals surface area contributed by atoms with Crippen molar-refractivity contribution in [2.24, 2.45) is 11.8 Å². The topological polar surface area (TPSA) is 102 Å². The Hall–Kier alpha value is -3.49. The lowest BCUT2D eigenvalue weighted by molar-refractivity contribution is -0.118. The lowest BCUT2D eigenvalue weighted by atomic mass is 9.72. The van der Waals surface area contributed by atoms with Crippen LogP contribution < -0.4 is 25.4 Å². The molecule has 1 aliphatic carbocycles. The number of aromatic nitrogens is 3. The molecular formula is C23H28N6O3. The van der Waals surface area contributed by atoms with Crippen molar-refractivity contribution in [3.8, 4) is 11.5 Å².